The van der Waals surface area contributed by atoms with E-state index in [4.69, 9.17) is 17.3 Å². The first-order chi connectivity index (χ1) is 8.63. The van der Waals surface area contributed by atoms with E-state index in [9.17, 15) is 0 Å². The number of nitrogens with two attached hydrogens (primary N) is 1. The van der Waals surface area contributed by atoms with Crippen LogP contribution >= 0.6 is 11.6 Å². The number of hydrogen-bond donors (Lipinski definition) is 1. The van der Waals surface area contributed by atoms with Gasteiger partial charge in [-0.25, -0.2) is 0 Å². The minimum absolute atomic E-state index is 0.0235. The Morgan fingerprint density at radius 3 is 2.78 bits per heavy atom. The van der Waals surface area contributed by atoms with Gasteiger partial charge in [0.15, 0.2) is 0 Å². The van der Waals surface area contributed by atoms with Gasteiger partial charge in [0.2, 0.25) is 0 Å². The molecule has 0 aliphatic rings. The topological polar surface area (TPSA) is 56.7 Å². The molecular weight excluding hydrogens is 248 g/mol. The van der Waals surface area contributed by atoms with Gasteiger partial charge < -0.3 is 5.73 Å². The van der Waals surface area contributed by atoms with Gasteiger partial charge in [-0.1, -0.05) is 24.6 Å². The Morgan fingerprint density at radius 2 is 2.28 bits per heavy atom. The number of aryl methyl sites for hydroxylation is 1. The number of halogens is 1. The fraction of sp³-hybridized carbons (Fsp3) is 0.385. The average molecular weight is 265 g/mol. The van der Waals surface area contributed by atoms with Crippen LogP contribution in [0.2, 0.25) is 5.02 Å². The maximum atomic E-state index is 6.21. The quantitative estimate of drug-likeness (QED) is 0.923. The van der Waals surface area contributed by atoms with E-state index in [1.165, 1.54) is 0 Å². The number of pyridine rings is 1. The fourth-order valence-electron chi connectivity index (χ4n) is 1.97. The molecule has 0 saturated heterocycles. The molecule has 0 amide bonds. The molecule has 0 saturated carbocycles. The molecule has 0 fully saturated rings. The first-order valence-electron chi connectivity index (χ1n) is 6.00. The van der Waals surface area contributed by atoms with Crippen molar-refractivity contribution in [2.24, 2.45) is 5.73 Å². The molecule has 2 heterocycles. The third-order valence-corrected chi connectivity index (χ3v) is 3.42. The van der Waals surface area contributed by atoms with Gasteiger partial charge >= 0.3 is 0 Å². The number of nitrogens with zero attached hydrogens (tertiary/aromatic N) is 3. The zero-order valence-corrected chi connectivity index (χ0v) is 11.3. The highest BCUT2D eigenvalue weighted by molar-refractivity contribution is 6.31. The Kier molecular flexibility index (Phi) is 3.99. The SMILES string of the molecule is CCC(N)C(c1cccnc1)n1cc(Cl)c(C)n1. The Morgan fingerprint density at radius 1 is 1.50 bits per heavy atom. The maximum Gasteiger partial charge on any atom is 0.0934 e. The minimum Gasteiger partial charge on any atom is -0.326 e. The monoisotopic (exact) mass is 264 g/mol. The summed E-state index contributed by atoms with van der Waals surface area (Å²) in [7, 11) is 0. The largest absolute Gasteiger partial charge is 0.326 e. The molecule has 2 atom stereocenters. The maximum absolute atomic E-state index is 6.21. The molecule has 96 valence electrons. The molecule has 2 rings (SSSR count). The van der Waals surface area contributed by atoms with E-state index in [0.29, 0.717) is 5.02 Å². The molecule has 0 radical (unpaired) electrons. The standard InChI is InChI=1S/C13H17ClN4/c1-3-12(15)13(10-5-4-6-16-7-10)18-8-11(14)9(2)17-18/h4-8,12-13H,3,15H2,1-2H3. The van der Waals surface area contributed by atoms with Gasteiger partial charge in [0.25, 0.3) is 0 Å². The van der Waals surface area contributed by atoms with Crippen molar-refractivity contribution in [1.29, 1.82) is 0 Å². The second-order valence-electron chi connectivity index (χ2n) is 4.35. The highest BCUT2D eigenvalue weighted by atomic mass is 35.5. The highest BCUT2D eigenvalue weighted by Gasteiger charge is 2.22. The van der Waals surface area contributed by atoms with E-state index in [1.807, 2.05) is 36.1 Å². The van der Waals surface area contributed by atoms with Crippen molar-refractivity contribution in [3.05, 3.63) is 47.0 Å². The normalized spacial score (nSPS) is 14.4. The Bertz CT molecular complexity index is 489. The molecule has 2 aromatic rings. The average Bonchev–Trinajstić information content (AvgIpc) is 2.70. The summed E-state index contributed by atoms with van der Waals surface area (Å²) < 4.78 is 1.84. The predicted octanol–water partition coefficient (Wildman–Crippen LogP) is 2.57. The zero-order valence-electron chi connectivity index (χ0n) is 10.5. The van der Waals surface area contributed by atoms with Crippen LogP contribution in [0.4, 0.5) is 0 Å². The lowest BCUT2D eigenvalue weighted by Gasteiger charge is -2.23. The summed E-state index contributed by atoms with van der Waals surface area (Å²) in [5.41, 5.74) is 8.07. The summed E-state index contributed by atoms with van der Waals surface area (Å²) >= 11 is 6.07. The minimum atomic E-state index is -0.0325. The molecule has 0 spiro atoms. The van der Waals surface area contributed by atoms with Crippen molar-refractivity contribution in [3.8, 4) is 0 Å². The smallest absolute Gasteiger partial charge is 0.0934 e. The Balaban J connectivity index is 2.43. The summed E-state index contributed by atoms with van der Waals surface area (Å²) in [5.74, 6) is 0. The van der Waals surface area contributed by atoms with Crippen LogP contribution in [0.5, 0.6) is 0 Å². The van der Waals surface area contributed by atoms with Gasteiger partial charge in [-0.3, -0.25) is 9.67 Å². The zero-order chi connectivity index (χ0) is 13.1. The van der Waals surface area contributed by atoms with Crippen LogP contribution in [0.15, 0.2) is 30.7 Å². The first-order valence-corrected chi connectivity index (χ1v) is 6.38. The van der Waals surface area contributed by atoms with Crippen molar-refractivity contribution < 1.29 is 0 Å². The van der Waals surface area contributed by atoms with E-state index in [-0.39, 0.29) is 12.1 Å². The number of rotatable bonds is 4. The molecule has 4 nitrogen and oxygen atoms in total. The van der Waals surface area contributed by atoms with Gasteiger partial charge in [-0.15, -0.1) is 0 Å². The summed E-state index contributed by atoms with van der Waals surface area (Å²) in [5, 5.41) is 5.09. The Labute approximate surface area is 112 Å². The summed E-state index contributed by atoms with van der Waals surface area (Å²) in [6, 6.07) is 3.86. The summed E-state index contributed by atoms with van der Waals surface area (Å²) in [6.07, 6.45) is 6.25. The van der Waals surface area contributed by atoms with Crippen molar-refractivity contribution in [3.63, 3.8) is 0 Å². The molecule has 18 heavy (non-hydrogen) atoms. The van der Waals surface area contributed by atoms with Crippen LogP contribution < -0.4 is 5.73 Å². The molecule has 0 aliphatic carbocycles. The van der Waals surface area contributed by atoms with E-state index in [2.05, 4.69) is 17.0 Å². The summed E-state index contributed by atoms with van der Waals surface area (Å²) in [6.45, 7) is 3.95. The second kappa shape index (κ2) is 5.50. The highest BCUT2D eigenvalue weighted by Crippen LogP contribution is 2.24. The van der Waals surface area contributed by atoms with Gasteiger partial charge in [0.1, 0.15) is 0 Å². The van der Waals surface area contributed by atoms with Crippen molar-refractivity contribution in [1.82, 2.24) is 14.8 Å². The first kappa shape index (κ1) is 13.1. The Hall–Kier alpha value is -1.39. The van der Waals surface area contributed by atoms with Gasteiger partial charge in [-0.05, 0) is 25.0 Å². The van der Waals surface area contributed by atoms with Crippen molar-refractivity contribution in [2.45, 2.75) is 32.4 Å². The third-order valence-electron chi connectivity index (χ3n) is 3.04. The van der Waals surface area contributed by atoms with E-state index in [1.54, 1.807) is 6.20 Å². The van der Waals surface area contributed by atoms with Crippen LogP contribution in [-0.4, -0.2) is 20.8 Å². The van der Waals surface area contributed by atoms with Crippen molar-refractivity contribution >= 4 is 11.6 Å². The molecule has 0 aliphatic heterocycles. The molecule has 2 aromatic heterocycles. The molecule has 0 bridgehead atoms. The van der Waals surface area contributed by atoms with E-state index in [0.717, 1.165) is 17.7 Å². The molecule has 2 unspecified atom stereocenters. The molecule has 0 aromatic carbocycles. The fourth-order valence-corrected chi connectivity index (χ4v) is 2.11. The van der Waals surface area contributed by atoms with Crippen LogP contribution in [0.1, 0.15) is 30.6 Å². The van der Waals surface area contributed by atoms with Crippen LogP contribution in [0.25, 0.3) is 0 Å². The van der Waals surface area contributed by atoms with E-state index >= 15 is 0 Å². The molecule has 2 N–H and O–H groups in total. The lowest BCUT2D eigenvalue weighted by atomic mass is 10.00. The van der Waals surface area contributed by atoms with Gasteiger partial charge in [0, 0.05) is 24.6 Å². The third kappa shape index (κ3) is 2.54. The lowest BCUT2D eigenvalue weighted by Crippen LogP contribution is -2.33. The number of hydrogen-bond acceptors (Lipinski definition) is 3. The lowest BCUT2D eigenvalue weighted by molar-refractivity contribution is 0.421. The van der Waals surface area contributed by atoms with Crippen molar-refractivity contribution in [2.75, 3.05) is 0 Å². The van der Waals surface area contributed by atoms with Crippen LogP contribution in [0, 0.1) is 6.92 Å². The summed E-state index contributed by atoms with van der Waals surface area (Å²) in [4.78, 5) is 4.15. The van der Waals surface area contributed by atoms with Crippen LogP contribution in [-0.2, 0) is 0 Å². The molecule has 5 heteroatoms. The number of aromatic nitrogens is 3. The molecular formula is C13H17ClN4. The second-order valence-corrected chi connectivity index (χ2v) is 4.75. The van der Waals surface area contributed by atoms with Gasteiger partial charge in [-0.2, -0.15) is 5.10 Å². The van der Waals surface area contributed by atoms with E-state index < -0.39 is 0 Å². The predicted molar refractivity (Wildman–Crippen MR) is 72.6 cm³/mol. The van der Waals surface area contributed by atoms with Crippen LogP contribution in [0.3, 0.4) is 0 Å². The van der Waals surface area contributed by atoms with Gasteiger partial charge in [0.05, 0.1) is 16.8 Å².